The molecule has 3 rings (SSSR count). The molecule has 0 spiro atoms. The summed E-state index contributed by atoms with van der Waals surface area (Å²) in [5.41, 5.74) is 3.57. The SMILES string of the molecule is C/C=C\C(=O)NCCCc1nc2ccccc2n1CCCCOc1ccc(C(C)CC)cc1. The van der Waals surface area contributed by atoms with Crippen molar-refractivity contribution in [2.45, 2.75) is 65.3 Å². The summed E-state index contributed by atoms with van der Waals surface area (Å²) in [5, 5.41) is 2.92. The first-order chi connectivity index (χ1) is 16.1. The number of benzene rings is 2. The van der Waals surface area contributed by atoms with Crippen LogP contribution in [0.4, 0.5) is 0 Å². The Morgan fingerprint density at radius 2 is 1.91 bits per heavy atom. The van der Waals surface area contributed by atoms with Gasteiger partial charge in [0.25, 0.3) is 0 Å². The van der Waals surface area contributed by atoms with E-state index in [1.54, 1.807) is 12.2 Å². The number of nitrogens with zero attached hydrogens (tertiary/aromatic N) is 2. The Morgan fingerprint density at radius 3 is 2.67 bits per heavy atom. The summed E-state index contributed by atoms with van der Waals surface area (Å²) in [7, 11) is 0. The number of nitrogens with one attached hydrogen (secondary N) is 1. The Hall–Kier alpha value is -3.08. The van der Waals surface area contributed by atoms with Crippen LogP contribution in [-0.4, -0.2) is 28.6 Å². The van der Waals surface area contributed by atoms with Crippen LogP contribution in [0.5, 0.6) is 5.75 Å². The average Bonchev–Trinajstić information content (AvgIpc) is 3.19. The molecule has 1 aromatic heterocycles. The molecule has 0 fully saturated rings. The number of ether oxygens (including phenoxy) is 1. The molecular weight excluding hydrogens is 410 g/mol. The molecule has 1 atom stereocenters. The molecule has 0 saturated heterocycles. The molecular formula is C28H37N3O2. The van der Waals surface area contributed by atoms with Gasteiger partial charge in [0.05, 0.1) is 17.6 Å². The van der Waals surface area contributed by atoms with E-state index in [-0.39, 0.29) is 5.91 Å². The zero-order chi connectivity index (χ0) is 23.5. The first-order valence-electron chi connectivity index (χ1n) is 12.2. The van der Waals surface area contributed by atoms with Crippen molar-refractivity contribution < 1.29 is 9.53 Å². The summed E-state index contributed by atoms with van der Waals surface area (Å²) in [6.45, 7) is 8.59. The topological polar surface area (TPSA) is 56.2 Å². The Bertz CT molecular complexity index is 1040. The van der Waals surface area contributed by atoms with Gasteiger partial charge in [-0.25, -0.2) is 4.98 Å². The van der Waals surface area contributed by atoms with Gasteiger partial charge in [-0.15, -0.1) is 0 Å². The minimum atomic E-state index is -0.0412. The van der Waals surface area contributed by atoms with Gasteiger partial charge in [0, 0.05) is 19.5 Å². The van der Waals surface area contributed by atoms with Gasteiger partial charge in [-0.2, -0.15) is 0 Å². The van der Waals surface area contributed by atoms with Crippen molar-refractivity contribution in [1.82, 2.24) is 14.9 Å². The molecule has 0 aliphatic rings. The number of amides is 1. The first-order valence-corrected chi connectivity index (χ1v) is 12.2. The van der Waals surface area contributed by atoms with E-state index in [9.17, 15) is 4.79 Å². The van der Waals surface area contributed by atoms with E-state index in [0.29, 0.717) is 19.1 Å². The molecule has 1 unspecified atom stereocenters. The van der Waals surface area contributed by atoms with Crippen LogP contribution in [0.1, 0.15) is 63.8 Å². The number of allylic oxidation sites excluding steroid dienone is 1. The van der Waals surface area contributed by atoms with Gasteiger partial charge in [-0.3, -0.25) is 4.79 Å². The van der Waals surface area contributed by atoms with Crippen LogP contribution < -0.4 is 10.1 Å². The fourth-order valence-corrected chi connectivity index (χ4v) is 3.92. The molecule has 1 amide bonds. The predicted molar refractivity (Wildman–Crippen MR) is 136 cm³/mol. The van der Waals surface area contributed by atoms with Gasteiger partial charge in [0.1, 0.15) is 11.6 Å². The fraction of sp³-hybridized carbons (Fsp3) is 0.429. The molecule has 0 aliphatic heterocycles. The summed E-state index contributed by atoms with van der Waals surface area (Å²) in [5.74, 6) is 2.57. The van der Waals surface area contributed by atoms with Gasteiger partial charge >= 0.3 is 0 Å². The quantitative estimate of drug-likeness (QED) is 0.257. The Balaban J connectivity index is 1.49. The molecule has 0 aliphatic carbocycles. The standard InChI is InChI=1S/C28H37N3O2/c1-4-11-28(32)29-19-10-14-27-30-25-12-6-7-13-26(25)31(27)20-8-9-21-33-24-17-15-23(16-18-24)22(3)5-2/h4,6-7,11-13,15-18,22H,5,8-10,14,19-21H2,1-3H3,(H,29,32)/b11-4-. The molecule has 0 saturated carbocycles. The maximum Gasteiger partial charge on any atom is 0.243 e. The molecule has 176 valence electrons. The van der Waals surface area contributed by atoms with Crippen molar-refractivity contribution in [1.29, 1.82) is 0 Å². The number of para-hydroxylation sites is 2. The Labute approximate surface area is 197 Å². The highest BCUT2D eigenvalue weighted by molar-refractivity contribution is 5.87. The highest BCUT2D eigenvalue weighted by atomic mass is 16.5. The summed E-state index contributed by atoms with van der Waals surface area (Å²) in [6.07, 6.45) is 8.16. The van der Waals surface area contributed by atoms with Gasteiger partial charge in [-0.1, -0.05) is 44.2 Å². The first kappa shape index (κ1) is 24.6. The number of imidazole rings is 1. The zero-order valence-electron chi connectivity index (χ0n) is 20.2. The third kappa shape index (κ3) is 7.21. The van der Waals surface area contributed by atoms with Crippen molar-refractivity contribution in [3.05, 3.63) is 72.1 Å². The van der Waals surface area contributed by atoms with Crippen molar-refractivity contribution in [3.8, 4) is 5.75 Å². The number of unbranched alkanes of at least 4 members (excludes halogenated alkanes) is 1. The lowest BCUT2D eigenvalue weighted by Crippen LogP contribution is -2.22. The highest BCUT2D eigenvalue weighted by Gasteiger charge is 2.10. The Morgan fingerprint density at radius 1 is 1.12 bits per heavy atom. The van der Waals surface area contributed by atoms with E-state index in [1.165, 1.54) is 11.1 Å². The van der Waals surface area contributed by atoms with E-state index >= 15 is 0 Å². The smallest absolute Gasteiger partial charge is 0.243 e. The van der Waals surface area contributed by atoms with Crippen LogP contribution in [-0.2, 0) is 17.8 Å². The lowest BCUT2D eigenvalue weighted by molar-refractivity contribution is -0.116. The van der Waals surface area contributed by atoms with E-state index in [2.05, 4.69) is 66.2 Å². The van der Waals surface area contributed by atoms with Gasteiger partial charge in [0.2, 0.25) is 5.91 Å². The third-order valence-electron chi connectivity index (χ3n) is 6.03. The second kappa shape index (κ2) is 12.8. The van der Waals surface area contributed by atoms with Crippen LogP contribution in [0.3, 0.4) is 0 Å². The molecule has 33 heavy (non-hydrogen) atoms. The lowest BCUT2D eigenvalue weighted by Gasteiger charge is -2.12. The number of aromatic nitrogens is 2. The van der Waals surface area contributed by atoms with Crippen LogP contribution in [0.15, 0.2) is 60.7 Å². The number of carbonyl (C=O) groups excluding carboxylic acids is 1. The molecule has 3 aromatic rings. The average molecular weight is 448 g/mol. The van der Waals surface area contributed by atoms with Gasteiger partial charge in [0.15, 0.2) is 0 Å². The molecule has 0 bridgehead atoms. The summed E-state index contributed by atoms with van der Waals surface area (Å²) in [4.78, 5) is 16.4. The number of rotatable bonds is 13. The van der Waals surface area contributed by atoms with Crippen molar-refractivity contribution in [3.63, 3.8) is 0 Å². The van der Waals surface area contributed by atoms with Gasteiger partial charge < -0.3 is 14.6 Å². The number of hydrogen-bond acceptors (Lipinski definition) is 3. The molecule has 5 heteroatoms. The van der Waals surface area contributed by atoms with E-state index in [1.807, 2.05) is 13.0 Å². The number of carbonyl (C=O) groups is 1. The Kier molecular flexibility index (Phi) is 9.55. The zero-order valence-corrected chi connectivity index (χ0v) is 20.2. The lowest BCUT2D eigenvalue weighted by atomic mass is 9.99. The monoisotopic (exact) mass is 447 g/mol. The van der Waals surface area contributed by atoms with E-state index in [4.69, 9.17) is 9.72 Å². The third-order valence-corrected chi connectivity index (χ3v) is 6.03. The van der Waals surface area contributed by atoms with Crippen molar-refractivity contribution >= 4 is 16.9 Å². The molecule has 1 heterocycles. The summed E-state index contributed by atoms with van der Waals surface area (Å²) >= 11 is 0. The maximum absolute atomic E-state index is 11.6. The van der Waals surface area contributed by atoms with Gasteiger partial charge in [-0.05, 0) is 74.4 Å². The number of aryl methyl sites for hydroxylation is 2. The van der Waals surface area contributed by atoms with Crippen LogP contribution in [0, 0.1) is 0 Å². The largest absolute Gasteiger partial charge is 0.494 e. The van der Waals surface area contributed by atoms with E-state index < -0.39 is 0 Å². The molecule has 0 radical (unpaired) electrons. The van der Waals surface area contributed by atoms with Crippen LogP contribution in [0.25, 0.3) is 11.0 Å². The minimum Gasteiger partial charge on any atom is -0.494 e. The summed E-state index contributed by atoms with van der Waals surface area (Å²) < 4.78 is 8.29. The number of hydrogen-bond donors (Lipinski definition) is 1. The fourth-order valence-electron chi connectivity index (χ4n) is 3.92. The van der Waals surface area contributed by atoms with Crippen molar-refractivity contribution in [2.75, 3.05) is 13.2 Å². The molecule has 1 N–H and O–H groups in total. The second-order valence-electron chi connectivity index (χ2n) is 8.50. The molecule has 5 nitrogen and oxygen atoms in total. The summed E-state index contributed by atoms with van der Waals surface area (Å²) in [6, 6.07) is 16.8. The van der Waals surface area contributed by atoms with Crippen molar-refractivity contribution in [2.24, 2.45) is 0 Å². The predicted octanol–water partition coefficient (Wildman–Crippen LogP) is 6.03. The van der Waals surface area contributed by atoms with Crippen LogP contribution >= 0.6 is 0 Å². The van der Waals surface area contributed by atoms with E-state index in [0.717, 1.165) is 55.7 Å². The highest BCUT2D eigenvalue weighted by Crippen LogP contribution is 2.22. The number of fused-ring (bicyclic) bond motifs is 1. The molecule has 2 aromatic carbocycles. The minimum absolute atomic E-state index is 0.0412. The van der Waals surface area contributed by atoms with Crippen LogP contribution in [0.2, 0.25) is 0 Å². The second-order valence-corrected chi connectivity index (χ2v) is 8.50. The normalized spacial score (nSPS) is 12.3. The maximum atomic E-state index is 11.6.